The number of fused-ring (bicyclic) bond motifs is 1. The lowest BCUT2D eigenvalue weighted by molar-refractivity contribution is 0.0642. The van der Waals surface area contributed by atoms with Gasteiger partial charge in [0.2, 0.25) is 0 Å². The molecule has 1 aliphatic rings. The van der Waals surface area contributed by atoms with Gasteiger partial charge in [0, 0.05) is 24.3 Å². The third-order valence-electron chi connectivity index (χ3n) is 5.09. The molecule has 7 heteroatoms. The molecule has 0 bridgehead atoms. The number of ether oxygens (including phenoxy) is 4. The highest BCUT2D eigenvalue weighted by Gasteiger charge is 2.42. The molecule has 2 atom stereocenters. The number of carbonyl (C=O) groups excluding carboxylic acids is 1. The van der Waals surface area contributed by atoms with E-state index in [1.807, 2.05) is 19.9 Å². The molecule has 2 aromatic rings. The Hall–Kier alpha value is -3.35. The minimum atomic E-state index is -0.766. The minimum Gasteiger partial charge on any atom is -0.508 e. The fourth-order valence-electron chi connectivity index (χ4n) is 3.64. The predicted octanol–water partition coefficient (Wildman–Crippen LogP) is 4.41. The summed E-state index contributed by atoms with van der Waals surface area (Å²) >= 11 is 0. The van der Waals surface area contributed by atoms with E-state index in [4.69, 9.17) is 18.9 Å². The first-order valence-electron chi connectivity index (χ1n) is 9.50. The summed E-state index contributed by atoms with van der Waals surface area (Å²) in [5.74, 6) is 0.0915. The van der Waals surface area contributed by atoms with Crippen LogP contribution in [-0.4, -0.2) is 37.3 Å². The van der Waals surface area contributed by atoms with E-state index in [-0.39, 0.29) is 28.6 Å². The van der Waals surface area contributed by atoms with E-state index in [2.05, 4.69) is 0 Å². The zero-order chi connectivity index (χ0) is 22.0. The van der Waals surface area contributed by atoms with Crippen molar-refractivity contribution in [3.05, 3.63) is 47.0 Å². The summed E-state index contributed by atoms with van der Waals surface area (Å²) in [5, 5.41) is 20.2. The van der Waals surface area contributed by atoms with E-state index < -0.39 is 12.0 Å². The molecule has 0 amide bonds. The highest BCUT2D eigenvalue weighted by Crippen LogP contribution is 2.50. The van der Waals surface area contributed by atoms with Gasteiger partial charge in [0.25, 0.3) is 0 Å². The van der Waals surface area contributed by atoms with Gasteiger partial charge >= 0.3 is 0 Å². The molecule has 1 aliphatic heterocycles. The monoisotopic (exact) mass is 414 g/mol. The van der Waals surface area contributed by atoms with Gasteiger partial charge in [-0.3, -0.25) is 4.79 Å². The molecule has 2 aromatic carbocycles. The van der Waals surface area contributed by atoms with Crippen LogP contribution < -0.4 is 18.9 Å². The number of carbonyl (C=O) groups is 1. The summed E-state index contributed by atoms with van der Waals surface area (Å²) in [5.41, 5.74) is 1.66. The SMILES string of the molecule is COc1cc(OC)c([C@@H]2Oc3cc(O)cc(O)c3C(=O)[C@H]2CC=C(C)C)c(OC)c1. The Bertz CT molecular complexity index is 964. The molecule has 0 spiro atoms. The van der Waals surface area contributed by atoms with Crippen LogP contribution in [0.4, 0.5) is 0 Å². The second-order valence-electron chi connectivity index (χ2n) is 7.31. The molecule has 30 heavy (non-hydrogen) atoms. The molecule has 1 heterocycles. The van der Waals surface area contributed by atoms with Crippen LogP contribution >= 0.6 is 0 Å². The number of allylic oxidation sites excluding steroid dienone is 2. The molecule has 0 unspecified atom stereocenters. The topological polar surface area (TPSA) is 94.5 Å². The van der Waals surface area contributed by atoms with Gasteiger partial charge in [-0.25, -0.2) is 0 Å². The van der Waals surface area contributed by atoms with Gasteiger partial charge in [-0.05, 0) is 20.3 Å². The van der Waals surface area contributed by atoms with E-state index in [1.165, 1.54) is 27.4 Å². The minimum absolute atomic E-state index is 0.0580. The van der Waals surface area contributed by atoms with Gasteiger partial charge in [0.05, 0.1) is 32.8 Å². The first kappa shape index (κ1) is 21.4. The highest BCUT2D eigenvalue weighted by atomic mass is 16.5. The van der Waals surface area contributed by atoms with Crippen molar-refractivity contribution in [2.24, 2.45) is 5.92 Å². The van der Waals surface area contributed by atoms with Crippen molar-refractivity contribution < 1.29 is 34.0 Å². The van der Waals surface area contributed by atoms with E-state index in [0.29, 0.717) is 29.2 Å². The molecule has 0 radical (unpaired) electrons. The molecule has 2 N–H and O–H groups in total. The molecular weight excluding hydrogens is 388 g/mol. The number of phenols is 2. The third kappa shape index (κ3) is 3.87. The summed E-state index contributed by atoms with van der Waals surface area (Å²) < 4.78 is 22.6. The molecule has 7 nitrogen and oxygen atoms in total. The van der Waals surface area contributed by atoms with Crippen molar-refractivity contribution in [3.8, 4) is 34.5 Å². The van der Waals surface area contributed by atoms with Gasteiger partial charge in [-0.15, -0.1) is 0 Å². The Balaban J connectivity index is 2.23. The molecule has 0 saturated heterocycles. The summed E-state index contributed by atoms with van der Waals surface area (Å²) in [4.78, 5) is 13.4. The zero-order valence-electron chi connectivity index (χ0n) is 17.7. The van der Waals surface area contributed by atoms with Gasteiger partial charge in [0.15, 0.2) is 5.78 Å². The van der Waals surface area contributed by atoms with E-state index >= 15 is 0 Å². The maximum absolute atomic E-state index is 13.4. The number of phenolic OH excluding ortho intramolecular Hbond substituents is 2. The summed E-state index contributed by atoms with van der Waals surface area (Å²) in [6.07, 6.45) is 1.57. The lowest BCUT2D eigenvalue weighted by Crippen LogP contribution is -2.32. The molecule has 0 aromatic heterocycles. The average molecular weight is 414 g/mol. The zero-order valence-corrected chi connectivity index (χ0v) is 17.7. The number of hydrogen-bond donors (Lipinski definition) is 2. The van der Waals surface area contributed by atoms with Crippen molar-refractivity contribution in [2.45, 2.75) is 26.4 Å². The third-order valence-corrected chi connectivity index (χ3v) is 5.09. The van der Waals surface area contributed by atoms with Crippen LogP contribution in [0.1, 0.15) is 42.3 Å². The molecule has 0 aliphatic carbocycles. The largest absolute Gasteiger partial charge is 0.508 e. The van der Waals surface area contributed by atoms with Crippen LogP contribution in [0.3, 0.4) is 0 Å². The number of rotatable bonds is 6. The fourth-order valence-corrected chi connectivity index (χ4v) is 3.64. The number of hydrogen-bond acceptors (Lipinski definition) is 7. The second-order valence-corrected chi connectivity index (χ2v) is 7.31. The van der Waals surface area contributed by atoms with E-state index in [9.17, 15) is 15.0 Å². The second kappa shape index (κ2) is 8.57. The van der Waals surface area contributed by atoms with Gasteiger partial charge in [-0.2, -0.15) is 0 Å². The Labute approximate surface area is 175 Å². The standard InChI is InChI=1S/C23H26O7/c1-12(2)6-7-15-22(26)20-16(25)8-13(24)9-19(20)30-23(15)21-17(28-4)10-14(27-3)11-18(21)29-5/h6,8-11,15,23-25H,7H2,1-5H3/t15-,23-/m1/s1. The van der Waals surface area contributed by atoms with Crippen molar-refractivity contribution >= 4 is 5.78 Å². The van der Waals surface area contributed by atoms with Crippen LogP contribution in [0.5, 0.6) is 34.5 Å². The highest BCUT2D eigenvalue weighted by molar-refractivity contribution is 6.04. The van der Waals surface area contributed by atoms with E-state index in [0.717, 1.165) is 11.6 Å². The van der Waals surface area contributed by atoms with Crippen molar-refractivity contribution in [1.82, 2.24) is 0 Å². The molecule has 3 rings (SSSR count). The average Bonchev–Trinajstić information content (AvgIpc) is 2.70. The summed E-state index contributed by atoms with van der Waals surface area (Å²) in [6.45, 7) is 3.89. The van der Waals surface area contributed by atoms with Crippen LogP contribution in [0.25, 0.3) is 0 Å². The maximum atomic E-state index is 13.4. The van der Waals surface area contributed by atoms with Gasteiger partial charge < -0.3 is 29.2 Å². The maximum Gasteiger partial charge on any atom is 0.177 e. The van der Waals surface area contributed by atoms with Crippen LogP contribution in [0, 0.1) is 5.92 Å². The molecule has 160 valence electrons. The first-order valence-corrected chi connectivity index (χ1v) is 9.50. The number of ketones is 1. The molecular formula is C23H26O7. The quantitative estimate of drug-likeness (QED) is 0.676. The lowest BCUT2D eigenvalue weighted by atomic mass is 9.82. The summed E-state index contributed by atoms with van der Waals surface area (Å²) in [6, 6.07) is 5.84. The van der Waals surface area contributed by atoms with Crippen molar-refractivity contribution in [2.75, 3.05) is 21.3 Å². The van der Waals surface area contributed by atoms with Crippen molar-refractivity contribution in [1.29, 1.82) is 0 Å². The Kier molecular flexibility index (Phi) is 6.10. The predicted molar refractivity (Wildman–Crippen MR) is 111 cm³/mol. The Morgan fingerprint density at radius 3 is 2.20 bits per heavy atom. The fraction of sp³-hybridized carbons (Fsp3) is 0.348. The van der Waals surface area contributed by atoms with Gasteiger partial charge in [-0.1, -0.05) is 11.6 Å². The molecule has 0 fully saturated rings. The summed E-state index contributed by atoms with van der Waals surface area (Å²) in [7, 11) is 4.56. The number of aromatic hydroxyl groups is 2. The van der Waals surface area contributed by atoms with E-state index in [1.54, 1.807) is 12.1 Å². The number of methoxy groups -OCH3 is 3. The first-order chi connectivity index (χ1) is 14.3. The van der Waals surface area contributed by atoms with Crippen LogP contribution in [0.2, 0.25) is 0 Å². The Morgan fingerprint density at radius 2 is 1.67 bits per heavy atom. The normalized spacial score (nSPS) is 17.6. The van der Waals surface area contributed by atoms with Crippen LogP contribution in [-0.2, 0) is 0 Å². The van der Waals surface area contributed by atoms with Gasteiger partial charge in [0.1, 0.15) is 46.2 Å². The lowest BCUT2D eigenvalue weighted by Gasteiger charge is -2.34. The smallest absolute Gasteiger partial charge is 0.177 e. The Morgan fingerprint density at radius 1 is 1.03 bits per heavy atom. The van der Waals surface area contributed by atoms with Crippen molar-refractivity contribution in [3.63, 3.8) is 0 Å². The number of benzene rings is 2. The molecule has 0 saturated carbocycles. The van der Waals surface area contributed by atoms with Crippen LogP contribution in [0.15, 0.2) is 35.9 Å². The number of Topliss-reactive ketones (excluding diaryl/α,β-unsaturated/α-hetero) is 1.